The number of hydrogen-bond donors (Lipinski definition) is 1. The molecule has 0 heterocycles. The third-order valence-electron chi connectivity index (χ3n) is 1.77. The molecule has 0 bridgehead atoms. The van der Waals surface area contributed by atoms with Crippen LogP contribution in [-0.4, -0.2) is 30.4 Å². The molecule has 84 valence electrons. The Bertz CT molecular complexity index is 162. The predicted octanol–water partition coefficient (Wildman–Crippen LogP) is 1.88. The van der Waals surface area contributed by atoms with Gasteiger partial charge in [0.05, 0.1) is 30.4 Å². The molecule has 0 fully saturated rings. The molecule has 0 aromatic carbocycles. The standard InChI is InChI=1S/C10H21NO2S/c1-4-9(7-10(11)14)13-6-5-12-8(2)3/h8-9H,4-7H2,1-3H3,(H2,11,14). The number of rotatable bonds is 8. The van der Waals surface area contributed by atoms with Crippen molar-refractivity contribution in [2.75, 3.05) is 13.2 Å². The summed E-state index contributed by atoms with van der Waals surface area (Å²) >= 11 is 4.82. The second-order valence-corrected chi connectivity index (χ2v) is 4.02. The van der Waals surface area contributed by atoms with Gasteiger partial charge in [-0.1, -0.05) is 19.1 Å². The highest BCUT2D eigenvalue weighted by Crippen LogP contribution is 2.03. The molecule has 0 aliphatic carbocycles. The fourth-order valence-corrected chi connectivity index (χ4v) is 1.23. The van der Waals surface area contributed by atoms with E-state index in [4.69, 9.17) is 27.4 Å². The molecule has 0 amide bonds. The van der Waals surface area contributed by atoms with Crippen molar-refractivity contribution < 1.29 is 9.47 Å². The smallest absolute Gasteiger partial charge is 0.0753 e. The van der Waals surface area contributed by atoms with Crippen LogP contribution in [0.1, 0.15) is 33.6 Å². The van der Waals surface area contributed by atoms with Crippen molar-refractivity contribution in [1.29, 1.82) is 0 Å². The molecule has 0 aromatic rings. The Labute approximate surface area is 91.9 Å². The van der Waals surface area contributed by atoms with Gasteiger partial charge in [-0.2, -0.15) is 0 Å². The quantitative estimate of drug-likeness (QED) is 0.500. The van der Waals surface area contributed by atoms with Gasteiger partial charge in [0.15, 0.2) is 0 Å². The summed E-state index contributed by atoms with van der Waals surface area (Å²) in [4.78, 5) is 0.515. The van der Waals surface area contributed by atoms with Gasteiger partial charge >= 0.3 is 0 Å². The maximum absolute atomic E-state index is 5.56. The molecule has 0 spiro atoms. The van der Waals surface area contributed by atoms with E-state index < -0.39 is 0 Å². The van der Waals surface area contributed by atoms with Crippen molar-refractivity contribution in [3.05, 3.63) is 0 Å². The van der Waals surface area contributed by atoms with Crippen LogP contribution in [0.5, 0.6) is 0 Å². The summed E-state index contributed by atoms with van der Waals surface area (Å²) in [6, 6.07) is 0. The maximum atomic E-state index is 5.56. The second kappa shape index (κ2) is 8.15. The van der Waals surface area contributed by atoms with Crippen LogP contribution in [0, 0.1) is 0 Å². The average Bonchev–Trinajstić information content (AvgIpc) is 2.09. The summed E-state index contributed by atoms with van der Waals surface area (Å²) in [7, 11) is 0. The highest BCUT2D eigenvalue weighted by molar-refractivity contribution is 7.80. The highest BCUT2D eigenvalue weighted by Gasteiger charge is 2.07. The van der Waals surface area contributed by atoms with Gasteiger partial charge in [-0.25, -0.2) is 0 Å². The van der Waals surface area contributed by atoms with Crippen molar-refractivity contribution in [3.8, 4) is 0 Å². The summed E-state index contributed by atoms with van der Waals surface area (Å²) in [5.41, 5.74) is 5.44. The molecule has 1 atom stereocenters. The lowest BCUT2D eigenvalue weighted by molar-refractivity contribution is -0.0110. The Morgan fingerprint density at radius 3 is 2.29 bits per heavy atom. The van der Waals surface area contributed by atoms with Crippen LogP contribution in [0.25, 0.3) is 0 Å². The molecule has 3 nitrogen and oxygen atoms in total. The summed E-state index contributed by atoms with van der Waals surface area (Å²) in [6.45, 7) is 7.32. The zero-order valence-corrected chi connectivity index (χ0v) is 10.1. The van der Waals surface area contributed by atoms with Crippen LogP contribution in [0.2, 0.25) is 0 Å². The topological polar surface area (TPSA) is 44.5 Å². The molecule has 1 unspecified atom stereocenters. The zero-order chi connectivity index (χ0) is 11.0. The van der Waals surface area contributed by atoms with E-state index in [1.54, 1.807) is 0 Å². The summed E-state index contributed by atoms with van der Waals surface area (Å²) in [6.07, 6.45) is 1.99. The summed E-state index contributed by atoms with van der Waals surface area (Å²) in [5.74, 6) is 0. The number of nitrogens with two attached hydrogens (primary N) is 1. The van der Waals surface area contributed by atoms with Gasteiger partial charge in [-0.3, -0.25) is 0 Å². The average molecular weight is 219 g/mol. The minimum atomic E-state index is 0.142. The number of thiocarbonyl (C=S) groups is 1. The highest BCUT2D eigenvalue weighted by atomic mass is 32.1. The Morgan fingerprint density at radius 1 is 1.29 bits per heavy atom. The minimum absolute atomic E-state index is 0.142. The Balaban J connectivity index is 3.47. The van der Waals surface area contributed by atoms with Crippen LogP contribution in [-0.2, 0) is 9.47 Å². The van der Waals surface area contributed by atoms with Crippen LogP contribution in [0.4, 0.5) is 0 Å². The van der Waals surface area contributed by atoms with Gasteiger partial charge in [-0.05, 0) is 20.3 Å². The van der Waals surface area contributed by atoms with Crippen molar-refractivity contribution in [1.82, 2.24) is 0 Å². The normalized spacial score (nSPS) is 13.1. The SMILES string of the molecule is CCC(CC(N)=S)OCCOC(C)C. The van der Waals surface area contributed by atoms with Crippen LogP contribution < -0.4 is 5.73 Å². The third kappa shape index (κ3) is 8.41. The molecule has 0 aromatic heterocycles. The van der Waals surface area contributed by atoms with Crippen molar-refractivity contribution in [2.45, 2.75) is 45.8 Å². The molecule has 0 radical (unpaired) electrons. The van der Waals surface area contributed by atoms with Gasteiger partial charge in [0.2, 0.25) is 0 Å². The van der Waals surface area contributed by atoms with Crippen molar-refractivity contribution in [3.63, 3.8) is 0 Å². The van der Waals surface area contributed by atoms with Gasteiger partial charge in [-0.15, -0.1) is 0 Å². The number of hydrogen-bond acceptors (Lipinski definition) is 3. The predicted molar refractivity (Wildman–Crippen MR) is 62.5 cm³/mol. The van der Waals surface area contributed by atoms with E-state index in [0.717, 1.165) is 6.42 Å². The van der Waals surface area contributed by atoms with Gasteiger partial charge in [0, 0.05) is 6.42 Å². The Morgan fingerprint density at radius 2 is 1.86 bits per heavy atom. The molecule has 0 aliphatic rings. The first-order valence-electron chi connectivity index (χ1n) is 5.07. The fraction of sp³-hybridized carbons (Fsp3) is 0.900. The molecule has 4 heteroatoms. The molecule has 14 heavy (non-hydrogen) atoms. The van der Waals surface area contributed by atoms with Gasteiger partial charge < -0.3 is 15.2 Å². The third-order valence-corrected chi connectivity index (χ3v) is 1.94. The molecular weight excluding hydrogens is 198 g/mol. The van der Waals surface area contributed by atoms with E-state index >= 15 is 0 Å². The Kier molecular flexibility index (Phi) is 8.04. The van der Waals surface area contributed by atoms with E-state index in [-0.39, 0.29) is 12.2 Å². The molecule has 2 N–H and O–H groups in total. The van der Waals surface area contributed by atoms with Crippen LogP contribution >= 0.6 is 12.2 Å². The number of ether oxygens (including phenoxy) is 2. The van der Waals surface area contributed by atoms with E-state index in [1.807, 2.05) is 13.8 Å². The minimum Gasteiger partial charge on any atom is -0.393 e. The van der Waals surface area contributed by atoms with Gasteiger partial charge in [0.1, 0.15) is 0 Å². The molecule has 0 aliphatic heterocycles. The second-order valence-electron chi connectivity index (χ2n) is 3.49. The largest absolute Gasteiger partial charge is 0.393 e. The molecule has 0 saturated heterocycles. The van der Waals surface area contributed by atoms with Crippen LogP contribution in [0.15, 0.2) is 0 Å². The first-order chi connectivity index (χ1) is 6.56. The first kappa shape index (κ1) is 13.8. The monoisotopic (exact) mass is 219 g/mol. The lowest BCUT2D eigenvalue weighted by atomic mass is 10.2. The first-order valence-corrected chi connectivity index (χ1v) is 5.48. The van der Waals surface area contributed by atoms with Crippen molar-refractivity contribution >= 4 is 17.2 Å². The summed E-state index contributed by atoms with van der Waals surface area (Å²) in [5, 5.41) is 0. The lowest BCUT2D eigenvalue weighted by Crippen LogP contribution is -2.22. The van der Waals surface area contributed by atoms with E-state index in [9.17, 15) is 0 Å². The fourth-order valence-electron chi connectivity index (χ4n) is 1.04. The van der Waals surface area contributed by atoms with Crippen molar-refractivity contribution in [2.24, 2.45) is 5.73 Å². The molecular formula is C10H21NO2S. The molecule has 0 saturated carbocycles. The Hall–Kier alpha value is -0.190. The lowest BCUT2D eigenvalue weighted by Gasteiger charge is -2.15. The van der Waals surface area contributed by atoms with E-state index in [2.05, 4.69) is 6.92 Å². The summed E-state index contributed by atoms with van der Waals surface area (Å²) < 4.78 is 10.9. The molecule has 0 rings (SSSR count). The van der Waals surface area contributed by atoms with E-state index in [0.29, 0.717) is 24.6 Å². The van der Waals surface area contributed by atoms with E-state index in [1.165, 1.54) is 0 Å². The van der Waals surface area contributed by atoms with Crippen LogP contribution in [0.3, 0.4) is 0 Å². The maximum Gasteiger partial charge on any atom is 0.0753 e. The zero-order valence-electron chi connectivity index (χ0n) is 9.29. The van der Waals surface area contributed by atoms with Gasteiger partial charge in [0.25, 0.3) is 0 Å².